The molecule has 8 heteroatoms. The molecule has 2 aliphatic rings. The van der Waals surface area contributed by atoms with E-state index in [4.69, 9.17) is 0 Å². The lowest BCUT2D eigenvalue weighted by molar-refractivity contribution is 0.0696. The molecule has 4 rings (SSSR count). The lowest BCUT2D eigenvalue weighted by Crippen LogP contribution is -2.38. The van der Waals surface area contributed by atoms with Gasteiger partial charge in [-0.05, 0) is 87.7 Å². The summed E-state index contributed by atoms with van der Waals surface area (Å²) >= 11 is 0. The smallest absolute Gasteiger partial charge is 0.338 e. The third-order valence-electron chi connectivity index (χ3n) is 7.05. The summed E-state index contributed by atoms with van der Waals surface area (Å²) < 4.78 is 29.2. The molecule has 3 N–H and O–H groups in total. The van der Waals surface area contributed by atoms with E-state index in [1.165, 1.54) is 19.3 Å². The third-order valence-corrected chi connectivity index (χ3v) is 8.47. The summed E-state index contributed by atoms with van der Waals surface area (Å²) in [5.74, 6) is -1.10. The van der Waals surface area contributed by atoms with Crippen molar-refractivity contribution in [3.05, 3.63) is 53.1 Å². The van der Waals surface area contributed by atoms with E-state index in [9.17, 15) is 18.3 Å². The highest BCUT2D eigenvalue weighted by Crippen LogP contribution is 2.32. The number of aromatic carboxylic acids is 1. The van der Waals surface area contributed by atoms with Gasteiger partial charge in [0, 0.05) is 19.1 Å². The number of hydrogen-bond acceptors (Lipinski definition) is 5. The maximum absolute atomic E-state index is 13.3. The Kier molecular flexibility index (Phi) is 7.78. The van der Waals surface area contributed by atoms with Gasteiger partial charge in [0.2, 0.25) is 0 Å². The molecule has 0 saturated carbocycles. The van der Waals surface area contributed by atoms with Crippen LogP contribution in [0.4, 0.5) is 11.4 Å². The van der Waals surface area contributed by atoms with Crippen molar-refractivity contribution in [2.45, 2.75) is 69.2 Å². The quantitative estimate of drug-likeness (QED) is 0.444. The summed E-state index contributed by atoms with van der Waals surface area (Å²) in [6.45, 7) is 5.04. The molecule has 0 amide bonds. The number of nitrogens with zero attached hydrogens (tertiary/aromatic N) is 1. The second-order valence-corrected chi connectivity index (χ2v) is 11.1. The van der Waals surface area contributed by atoms with E-state index in [-0.39, 0.29) is 16.1 Å². The number of nitrogens with one attached hydrogen (secondary N) is 2. The number of benzene rings is 2. The number of piperidine rings is 1. The van der Waals surface area contributed by atoms with Crippen LogP contribution in [0.25, 0.3) is 0 Å². The molecule has 1 fully saturated rings. The molecule has 1 aliphatic carbocycles. The fourth-order valence-electron chi connectivity index (χ4n) is 5.20. The van der Waals surface area contributed by atoms with Crippen molar-refractivity contribution in [3.8, 4) is 0 Å². The van der Waals surface area contributed by atoms with Gasteiger partial charge in [-0.15, -0.1) is 0 Å². The lowest BCUT2D eigenvalue weighted by atomic mass is 9.87. The molecule has 1 saturated heterocycles. The molecule has 7 nitrogen and oxygen atoms in total. The van der Waals surface area contributed by atoms with Crippen molar-refractivity contribution in [3.63, 3.8) is 0 Å². The number of carbonyl (C=O) groups is 1. The molecule has 0 bridgehead atoms. The summed E-state index contributed by atoms with van der Waals surface area (Å²) in [5, 5.41) is 13.1. The minimum Gasteiger partial charge on any atom is -0.478 e. The summed E-state index contributed by atoms with van der Waals surface area (Å²) in [6.07, 6.45) is 8.10. The number of carboxylic acids is 1. The summed E-state index contributed by atoms with van der Waals surface area (Å²) in [5.41, 5.74) is 2.47. The molecular weight excluding hydrogens is 450 g/mol. The van der Waals surface area contributed by atoms with Crippen LogP contribution in [0.15, 0.2) is 41.3 Å². The van der Waals surface area contributed by atoms with Gasteiger partial charge in [0.15, 0.2) is 0 Å². The second kappa shape index (κ2) is 10.8. The average molecular weight is 486 g/mol. The van der Waals surface area contributed by atoms with E-state index in [0.29, 0.717) is 24.7 Å². The number of hydrogen-bond donors (Lipinski definition) is 3. The number of para-hydroxylation sites is 1. The zero-order valence-corrected chi connectivity index (χ0v) is 20.7. The van der Waals surface area contributed by atoms with Crippen LogP contribution in [0.1, 0.15) is 66.9 Å². The number of aryl methyl sites for hydroxylation is 1. The van der Waals surface area contributed by atoms with E-state index in [1.807, 2.05) is 6.07 Å². The normalized spacial score (nSPS) is 18.8. The first-order valence-electron chi connectivity index (χ1n) is 12.3. The van der Waals surface area contributed by atoms with Crippen LogP contribution >= 0.6 is 0 Å². The maximum atomic E-state index is 13.3. The average Bonchev–Trinajstić information content (AvgIpc) is 2.82. The fourth-order valence-corrected chi connectivity index (χ4v) is 6.46. The van der Waals surface area contributed by atoms with E-state index in [2.05, 4.69) is 21.9 Å². The van der Waals surface area contributed by atoms with Crippen LogP contribution < -0.4 is 10.0 Å². The van der Waals surface area contributed by atoms with Crippen molar-refractivity contribution in [1.29, 1.82) is 0 Å². The SMILES string of the molecule is CC1CCCCN1CCCNc1ccccc1S(=O)(=O)Nc1ccc2c(c1C(=O)O)CCCC2. The van der Waals surface area contributed by atoms with Crippen LogP contribution in [0, 0.1) is 0 Å². The third kappa shape index (κ3) is 5.55. The van der Waals surface area contributed by atoms with Gasteiger partial charge in [-0.1, -0.05) is 24.6 Å². The van der Waals surface area contributed by atoms with Gasteiger partial charge in [0.1, 0.15) is 4.90 Å². The minimum atomic E-state index is -3.98. The number of likely N-dealkylation sites (tertiary alicyclic amines) is 1. The zero-order chi connectivity index (χ0) is 24.1. The molecule has 1 unspecified atom stereocenters. The molecule has 1 heterocycles. The molecule has 2 aromatic carbocycles. The van der Waals surface area contributed by atoms with Crippen LogP contribution in [0.5, 0.6) is 0 Å². The van der Waals surface area contributed by atoms with Gasteiger partial charge in [-0.25, -0.2) is 13.2 Å². The van der Waals surface area contributed by atoms with Gasteiger partial charge in [-0.3, -0.25) is 4.72 Å². The predicted octanol–water partition coefficient (Wildman–Crippen LogP) is 4.74. The van der Waals surface area contributed by atoms with Crippen LogP contribution in [0.3, 0.4) is 0 Å². The number of sulfonamides is 1. The highest BCUT2D eigenvalue weighted by atomic mass is 32.2. The molecule has 0 spiro atoms. The van der Waals surface area contributed by atoms with E-state index in [1.54, 1.807) is 30.3 Å². The van der Waals surface area contributed by atoms with Crippen LogP contribution in [-0.2, 0) is 22.9 Å². The Balaban J connectivity index is 1.49. The Morgan fingerprint density at radius 2 is 1.85 bits per heavy atom. The topological polar surface area (TPSA) is 98.7 Å². The standard InChI is InChI=1S/C26H35N3O4S/c1-19-9-6-7-17-29(19)18-8-16-27-22-12-4-5-13-24(22)34(32,33)28-23-15-14-20-10-2-3-11-21(20)25(23)26(30)31/h4-5,12-15,19,27-28H,2-3,6-11,16-18H2,1H3,(H,30,31). The van der Waals surface area contributed by atoms with E-state index < -0.39 is 16.0 Å². The highest BCUT2D eigenvalue weighted by molar-refractivity contribution is 7.92. The highest BCUT2D eigenvalue weighted by Gasteiger charge is 2.26. The second-order valence-electron chi connectivity index (χ2n) is 9.40. The fraction of sp³-hybridized carbons (Fsp3) is 0.500. The maximum Gasteiger partial charge on any atom is 0.338 e. The van der Waals surface area contributed by atoms with Gasteiger partial charge in [0.25, 0.3) is 10.0 Å². The minimum absolute atomic E-state index is 0.0712. The summed E-state index contributed by atoms with van der Waals surface area (Å²) in [7, 11) is -3.98. The van der Waals surface area contributed by atoms with Crippen molar-refractivity contribution in [1.82, 2.24) is 4.90 Å². The van der Waals surface area contributed by atoms with Crippen molar-refractivity contribution >= 4 is 27.4 Å². The van der Waals surface area contributed by atoms with Crippen molar-refractivity contribution in [2.75, 3.05) is 29.7 Å². The largest absolute Gasteiger partial charge is 0.478 e. The Bertz CT molecular complexity index is 1130. The predicted molar refractivity (Wildman–Crippen MR) is 135 cm³/mol. The monoisotopic (exact) mass is 485 g/mol. The molecule has 1 aliphatic heterocycles. The first-order valence-corrected chi connectivity index (χ1v) is 13.8. The summed E-state index contributed by atoms with van der Waals surface area (Å²) in [6, 6.07) is 10.8. The Hall–Kier alpha value is -2.58. The molecule has 2 aromatic rings. The van der Waals surface area contributed by atoms with Gasteiger partial charge >= 0.3 is 5.97 Å². The lowest BCUT2D eigenvalue weighted by Gasteiger charge is -2.33. The number of fused-ring (bicyclic) bond motifs is 1. The molecule has 1 atom stereocenters. The molecule has 0 radical (unpaired) electrons. The van der Waals surface area contributed by atoms with Crippen LogP contribution in [-0.4, -0.2) is 50.1 Å². The van der Waals surface area contributed by atoms with E-state index >= 15 is 0 Å². The van der Waals surface area contributed by atoms with Gasteiger partial charge in [0.05, 0.1) is 16.9 Å². The van der Waals surface area contributed by atoms with Crippen molar-refractivity contribution < 1.29 is 18.3 Å². The molecule has 34 heavy (non-hydrogen) atoms. The van der Waals surface area contributed by atoms with Gasteiger partial charge < -0.3 is 15.3 Å². The van der Waals surface area contributed by atoms with E-state index in [0.717, 1.165) is 49.9 Å². The first-order chi connectivity index (χ1) is 16.4. The Morgan fingerprint density at radius 1 is 1.06 bits per heavy atom. The number of anilines is 2. The zero-order valence-electron chi connectivity index (χ0n) is 19.8. The van der Waals surface area contributed by atoms with Gasteiger partial charge in [-0.2, -0.15) is 0 Å². The molecule has 0 aromatic heterocycles. The Labute approximate surface area is 202 Å². The molecular formula is C26H35N3O4S. The van der Waals surface area contributed by atoms with Crippen molar-refractivity contribution in [2.24, 2.45) is 0 Å². The first kappa shape index (κ1) is 24.5. The summed E-state index contributed by atoms with van der Waals surface area (Å²) in [4.78, 5) is 14.7. The number of rotatable bonds is 9. The van der Waals surface area contributed by atoms with Crippen LogP contribution in [0.2, 0.25) is 0 Å². The Morgan fingerprint density at radius 3 is 2.65 bits per heavy atom. The molecule has 184 valence electrons. The number of carboxylic acid groups (broad SMARTS) is 1.